The van der Waals surface area contributed by atoms with Crippen LogP contribution in [0.15, 0.2) is 60.7 Å². The molecule has 0 spiro atoms. The first-order valence-electron chi connectivity index (χ1n) is 14.4. The van der Waals surface area contributed by atoms with Gasteiger partial charge in [0.2, 0.25) is 0 Å². The zero-order chi connectivity index (χ0) is 33.1. The van der Waals surface area contributed by atoms with Gasteiger partial charge in [-0.2, -0.15) is 0 Å². The van der Waals surface area contributed by atoms with Gasteiger partial charge in [0.25, 0.3) is 0 Å². The van der Waals surface area contributed by atoms with Crippen LogP contribution in [0.25, 0.3) is 11.1 Å². The molecule has 0 unspecified atom stereocenters. The summed E-state index contributed by atoms with van der Waals surface area (Å²) in [7, 11) is 0.602. The molecule has 0 amide bonds. The zero-order valence-corrected chi connectivity index (χ0v) is 27.4. The highest BCUT2D eigenvalue weighted by Crippen LogP contribution is 2.32. The van der Waals surface area contributed by atoms with Crippen LogP contribution >= 0.6 is 11.6 Å². The van der Waals surface area contributed by atoms with Crippen molar-refractivity contribution in [2.24, 2.45) is 0 Å². The third-order valence-electron chi connectivity index (χ3n) is 7.06. The van der Waals surface area contributed by atoms with Crippen molar-refractivity contribution < 1.29 is 28.4 Å². The van der Waals surface area contributed by atoms with Gasteiger partial charge in [0, 0.05) is 5.56 Å². The maximum absolute atomic E-state index is 14.0. The van der Waals surface area contributed by atoms with E-state index in [2.05, 4.69) is 0 Å². The third-order valence-corrected chi connectivity index (χ3v) is 7.41. The Hall–Kier alpha value is -3.52. The van der Waals surface area contributed by atoms with Crippen molar-refractivity contribution in [3.8, 4) is 16.9 Å². The van der Waals surface area contributed by atoms with E-state index in [0.29, 0.717) is 35.1 Å². The van der Waals surface area contributed by atoms with Crippen molar-refractivity contribution >= 4 is 25.6 Å². The molecule has 8 heteroatoms. The normalized spacial score (nSPS) is 10.5. The van der Waals surface area contributed by atoms with Gasteiger partial charge in [-0.25, -0.2) is 8.78 Å². The Morgan fingerprint density at radius 3 is 1.86 bits per heavy atom. The summed E-state index contributed by atoms with van der Waals surface area (Å²) < 4.78 is 32.2. The van der Waals surface area contributed by atoms with Gasteiger partial charge in [-0.15, -0.1) is 0 Å². The highest BCUT2D eigenvalue weighted by Gasteiger charge is 2.14. The molecule has 233 valence electrons. The van der Waals surface area contributed by atoms with Crippen LogP contribution < -0.4 is 4.65 Å². The summed E-state index contributed by atoms with van der Waals surface area (Å²) in [5, 5.41) is 18.6. The molecule has 4 aromatic carbocycles. The number of aliphatic hydroxyl groups is 1. The van der Waals surface area contributed by atoms with Crippen molar-refractivity contribution in [1.29, 1.82) is 0 Å². The first-order chi connectivity index (χ1) is 20.7. The van der Waals surface area contributed by atoms with E-state index in [-0.39, 0.29) is 30.1 Å². The van der Waals surface area contributed by atoms with Crippen molar-refractivity contribution in [2.45, 2.75) is 73.8 Å². The second-order valence-corrected chi connectivity index (χ2v) is 11.7. The third kappa shape index (κ3) is 10.0. The summed E-state index contributed by atoms with van der Waals surface area (Å²) in [5.74, 6) is 0.327. The fourth-order valence-corrected chi connectivity index (χ4v) is 4.75. The summed E-state index contributed by atoms with van der Waals surface area (Å²) in [5.41, 5.74) is 8.45. The molecule has 0 aromatic heterocycles. The molecular formula is C36H41BClF2O4. The van der Waals surface area contributed by atoms with Gasteiger partial charge in [0.1, 0.15) is 17.4 Å². The number of hydrogen-bond donors (Lipinski definition) is 2. The van der Waals surface area contributed by atoms with Crippen LogP contribution in [0.3, 0.4) is 0 Å². The molecule has 0 atom stereocenters. The number of halogens is 3. The average molecular weight is 622 g/mol. The topological polar surface area (TPSA) is 66.8 Å². The van der Waals surface area contributed by atoms with Gasteiger partial charge in [-0.3, -0.25) is 4.79 Å². The van der Waals surface area contributed by atoms with Crippen LogP contribution in [-0.4, -0.2) is 24.1 Å². The lowest BCUT2D eigenvalue weighted by atomic mass is 9.90. The van der Waals surface area contributed by atoms with Crippen LogP contribution in [0.5, 0.6) is 5.75 Å². The minimum atomic E-state index is -0.234. The minimum absolute atomic E-state index is 0.00909. The van der Waals surface area contributed by atoms with E-state index >= 15 is 0 Å². The lowest BCUT2D eigenvalue weighted by Crippen LogP contribution is -2.04. The number of aryl methyl sites for hydroxylation is 4. The maximum atomic E-state index is 14.0. The molecule has 4 nitrogen and oxygen atoms in total. The number of rotatable bonds is 7. The predicted octanol–water partition coefficient (Wildman–Crippen LogP) is 9.35. The fourth-order valence-electron chi connectivity index (χ4n) is 4.59. The molecule has 1 radical (unpaired) electrons. The number of carbonyl (C=O) groups excluding carboxylic acids is 1. The lowest BCUT2D eigenvalue weighted by Gasteiger charge is -2.15. The highest BCUT2D eigenvalue weighted by molar-refractivity contribution is 6.32. The van der Waals surface area contributed by atoms with Gasteiger partial charge < -0.3 is 14.8 Å². The summed E-state index contributed by atoms with van der Waals surface area (Å²) in [6, 6.07) is 17.9. The van der Waals surface area contributed by atoms with Crippen LogP contribution in [0.1, 0.15) is 88.8 Å². The summed E-state index contributed by atoms with van der Waals surface area (Å²) in [6.45, 7) is 15.3. The maximum Gasteiger partial charge on any atom is 0.569 e. The Bertz CT molecular complexity index is 1570. The molecule has 2 N–H and O–H groups in total. The average Bonchev–Trinajstić information content (AvgIpc) is 2.96. The minimum Gasteiger partial charge on any atom is -0.537 e. The van der Waals surface area contributed by atoms with Crippen molar-refractivity contribution in [3.05, 3.63) is 122 Å². The van der Waals surface area contributed by atoms with E-state index < -0.39 is 0 Å². The van der Waals surface area contributed by atoms with Crippen LogP contribution in [0, 0.1) is 39.3 Å². The molecule has 0 aliphatic heterocycles. The first kappa shape index (κ1) is 36.7. The predicted molar refractivity (Wildman–Crippen MR) is 177 cm³/mol. The Kier molecular flexibility index (Phi) is 14.3. The van der Waals surface area contributed by atoms with Crippen molar-refractivity contribution in [2.75, 3.05) is 0 Å². The molecular weight excluding hydrogens is 581 g/mol. The number of aldehydes is 1. The van der Waals surface area contributed by atoms with Crippen LogP contribution in [0.4, 0.5) is 8.78 Å². The molecule has 0 saturated carbocycles. The molecule has 0 fully saturated rings. The highest BCUT2D eigenvalue weighted by atomic mass is 35.5. The van der Waals surface area contributed by atoms with E-state index in [1.807, 2.05) is 78.8 Å². The number of benzene rings is 4. The van der Waals surface area contributed by atoms with E-state index in [9.17, 15) is 18.7 Å². The van der Waals surface area contributed by atoms with Crippen molar-refractivity contribution in [3.63, 3.8) is 0 Å². The lowest BCUT2D eigenvalue weighted by molar-refractivity contribution is 0.112. The Morgan fingerprint density at radius 2 is 1.34 bits per heavy atom. The monoisotopic (exact) mass is 621 g/mol. The molecule has 4 aromatic rings. The molecule has 0 bridgehead atoms. The van der Waals surface area contributed by atoms with E-state index in [1.54, 1.807) is 31.2 Å². The molecule has 44 heavy (non-hydrogen) atoms. The van der Waals surface area contributed by atoms with Gasteiger partial charge >= 0.3 is 7.69 Å². The van der Waals surface area contributed by atoms with Crippen LogP contribution in [0.2, 0.25) is 5.02 Å². The van der Waals surface area contributed by atoms with E-state index in [0.717, 1.165) is 45.2 Å². The van der Waals surface area contributed by atoms with Gasteiger partial charge in [-0.05, 0) is 115 Å². The number of aliphatic hydroxyl groups excluding tert-OH is 1. The fraction of sp³-hybridized carbons (Fsp3) is 0.306. The SMILES string of the molecule is Cc1cc(F)c(C(C)C)cc1O[B]O.Cc1ccc(-c2cc(C(C)C)c(F)cc2C)c(CO)c1.Cc1ccc(Cl)c(C=O)c1. The number of carbonyl (C=O) groups is 1. The molecule has 0 aliphatic rings. The Morgan fingerprint density at radius 1 is 0.795 bits per heavy atom. The molecule has 0 heterocycles. The zero-order valence-electron chi connectivity index (χ0n) is 26.6. The van der Waals surface area contributed by atoms with E-state index in [4.69, 9.17) is 21.3 Å². The summed E-state index contributed by atoms with van der Waals surface area (Å²) in [4.78, 5) is 10.3. The molecule has 0 aliphatic carbocycles. The first-order valence-corrected chi connectivity index (χ1v) is 14.8. The van der Waals surface area contributed by atoms with E-state index in [1.165, 1.54) is 6.07 Å². The van der Waals surface area contributed by atoms with Crippen molar-refractivity contribution in [1.82, 2.24) is 0 Å². The standard InChI is InChI=1S/C18H21FO.C10H13BFO2.C8H7ClO/c1-11(2)16-9-17(13(4)8-18(16)19)15-6-5-12(3)7-14(15)10-20;1-6(2)8-5-10(14-11-13)7(3)4-9(8)12;1-6-2-3-8(9)7(4-6)5-10/h5-9,11,20H,10H2,1-4H3;4-6,13H,1-3H3;2-5H,1H3. The van der Waals surface area contributed by atoms with Gasteiger partial charge in [0.15, 0.2) is 6.29 Å². The number of hydrogen-bond acceptors (Lipinski definition) is 4. The Labute approximate surface area is 266 Å². The van der Waals surface area contributed by atoms with Crippen LogP contribution in [-0.2, 0) is 6.61 Å². The van der Waals surface area contributed by atoms with Gasteiger partial charge in [-0.1, -0.05) is 74.7 Å². The quantitative estimate of drug-likeness (QED) is 0.159. The van der Waals surface area contributed by atoms with Gasteiger partial charge in [0.05, 0.1) is 11.6 Å². The molecule has 4 rings (SSSR count). The smallest absolute Gasteiger partial charge is 0.537 e. The second-order valence-electron chi connectivity index (χ2n) is 11.3. The largest absolute Gasteiger partial charge is 0.569 e. The second kappa shape index (κ2) is 17.1. The summed E-state index contributed by atoms with van der Waals surface area (Å²) >= 11 is 5.67. The summed E-state index contributed by atoms with van der Waals surface area (Å²) in [6.07, 6.45) is 0.759. The Balaban J connectivity index is 0.000000245. The molecule has 0 saturated heterocycles.